The molecule has 24 heavy (non-hydrogen) atoms. The van der Waals surface area contributed by atoms with E-state index in [0.717, 1.165) is 51.0 Å². The van der Waals surface area contributed by atoms with Crippen LogP contribution in [0.3, 0.4) is 0 Å². The first-order chi connectivity index (χ1) is 11.5. The summed E-state index contributed by atoms with van der Waals surface area (Å²) in [5, 5.41) is 16.8. The van der Waals surface area contributed by atoms with E-state index in [-0.39, 0.29) is 12.0 Å². The number of hydrogen-bond acceptors (Lipinski definition) is 3. The highest BCUT2D eigenvalue weighted by Crippen LogP contribution is 2.45. The van der Waals surface area contributed by atoms with E-state index in [2.05, 4.69) is 31.4 Å². The average Bonchev–Trinajstić information content (AvgIpc) is 2.55. The van der Waals surface area contributed by atoms with E-state index in [1.165, 1.54) is 25.7 Å². The Morgan fingerprint density at radius 2 is 1.83 bits per heavy atom. The van der Waals surface area contributed by atoms with Crippen molar-refractivity contribution in [1.29, 1.82) is 0 Å². The van der Waals surface area contributed by atoms with Crippen LogP contribution >= 0.6 is 0 Å². The molecule has 0 aromatic carbocycles. The van der Waals surface area contributed by atoms with Gasteiger partial charge in [0, 0.05) is 31.7 Å². The van der Waals surface area contributed by atoms with Crippen LogP contribution in [0.4, 0.5) is 0 Å². The largest absolute Gasteiger partial charge is 0.396 e. The summed E-state index contributed by atoms with van der Waals surface area (Å²) in [5.74, 6) is 1.64. The Balaban J connectivity index is 1.92. The van der Waals surface area contributed by atoms with E-state index in [9.17, 15) is 5.11 Å². The number of guanidine groups is 1. The van der Waals surface area contributed by atoms with Crippen molar-refractivity contribution in [2.75, 3.05) is 39.5 Å². The molecule has 0 amide bonds. The first kappa shape index (κ1) is 19.5. The number of nitrogens with one attached hydrogen (secondary N) is 2. The molecule has 1 aliphatic heterocycles. The van der Waals surface area contributed by atoms with E-state index in [1.54, 1.807) is 0 Å². The van der Waals surface area contributed by atoms with Crippen molar-refractivity contribution in [1.82, 2.24) is 10.6 Å². The molecule has 3 N–H and O–H groups in total. The third-order valence-corrected chi connectivity index (χ3v) is 5.69. The molecule has 0 unspecified atom stereocenters. The fourth-order valence-electron chi connectivity index (χ4n) is 4.03. The van der Waals surface area contributed by atoms with Gasteiger partial charge in [-0.05, 0) is 50.4 Å². The summed E-state index contributed by atoms with van der Waals surface area (Å²) in [6, 6.07) is 0. The van der Waals surface area contributed by atoms with E-state index >= 15 is 0 Å². The van der Waals surface area contributed by atoms with Crippen molar-refractivity contribution in [3.05, 3.63) is 0 Å². The van der Waals surface area contributed by atoms with Crippen molar-refractivity contribution >= 4 is 5.96 Å². The summed E-state index contributed by atoms with van der Waals surface area (Å²) in [6.45, 7) is 10.9. The topological polar surface area (TPSA) is 65.9 Å². The smallest absolute Gasteiger partial charge is 0.191 e. The molecule has 0 aromatic rings. The fourth-order valence-corrected chi connectivity index (χ4v) is 4.03. The van der Waals surface area contributed by atoms with Crippen molar-refractivity contribution < 1.29 is 9.84 Å². The highest BCUT2D eigenvalue weighted by Gasteiger charge is 2.37. The van der Waals surface area contributed by atoms with Gasteiger partial charge in [-0.15, -0.1) is 0 Å². The summed E-state index contributed by atoms with van der Waals surface area (Å²) in [7, 11) is 0. The second-order valence-electron chi connectivity index (χ2n) is 8.27. The Morgan fingerprint density at radius 3 is 2.33 bits per heavy atom. The maximum absolute atomic E-state index is 9.82. The molecule has 5 heteroatoms. The van der Waals surface area contributed by atoms with Crippen LogP contribution in [0.25, 0.3) is 0 Å². The lowest BCUT2D eigenvalue weighted by molar-refractivity contribution is -0.0106. The predicted octanol–water partition coefficient (Wildman–Crippen LogP) is 2.55. The normalized spacial score (nSPS) is 23.0. The Labute approximate surface area is 147 Å². The molecule has 2 rings (SSSR count). The lowest BCUT2D eigenvalue weighted by atomic mass is 9.64. The van der Waals surface area contributed by atoms with Crippen LogP contribution in [0.5, 0.6) is 0 Å². The Hall–Kier alpha value is -0.810. The molecule has 1 saturated heterocycles. The predicted molar refractivity (Wildman–Crippen MR) is 99.3 cm³/mol. The number of hydrogen-bond donors (Lipinski definition) is 3. The van der Waals surface area contributed by atoms with Gasteiger partial charge in [-0.25, -0.2) is 0 Å². The van der Waals surface area contributed by atoms with Gasteiger partial charge in [-0.2, -0.15) is 0 Å². The first-order valence-corrected chi connectivity index (χ1v) is 9.74. The standard InChI is InChI=1S/C19H37N3O2/c1-4-20-17(21-13-18(6-5-7-18)12-16(2)3)22-14-19(15-23)8-10-24-11-9-19/h16,23H,4-15H2,1-3H3,(H2,20,21,22). The van der Waals surface area contributed by atoms with Gasteiger partial charge in [0.15, 0.2) is 5.96 Å². The van der Waals surface area contributed by atoms with Crippen molar-refractivity contribution in [3.63, 3.8) is 0 Å². The molecular weight excluding hydrogens is 302 g/mol. The fraction of sp³-hybridized carbons (Fsp3) is 0.947. The number of ether oxygens (including phenoxy) is 1. The molecule has 2 fully saturated rings. The maximum Gasteiger partial charge on any atom is 0.191 e. The highest BCUT2D eigenvalue weighted by atomic mass is 16.5. The van der Waals surface area contributed by atoms with E-state index in [0.29, 0.717) is 12.0 Å². The minimum absolute atomic E-state index is 0.104. The maximum atomic E-state index is 9.82. The number of aliphatic hydroxyl groups excluding tert-OH is 1. The third kappa shape index (κ3) is 5.35. The van der Waals surface area contributed by atoms with Crippen molar-refractivity contribution in [2.45, 2.75) is 59.3 Å². The first-order valence-electron chi connectivity index (χ1n) is 9.74. The molecule has 140 valence electrons. The van der Waals surface area contributed by atoms with Crippen LogP contribution in [-0.2, 0) is 4.74 Å². The summed E-state index contributed by atoms with van der Waals surface area (Å²) in [5.41, 5.74) is 0.352. The Morgan fingerprint density at radius 1 is 1.12 bits per heavy atom. The number of aliphatic hydroxyl groups is 1. The summed E-state index contributed by atoms with van der Waals surface area (Å²) >= 11 is 0. The molecule has 0 atom stereocenters. The molecule has 0 aromatic heterocycles. The molecule has 5 nitrogen and oxygen atoms in total. The second kappa shape index (κ2) is 9.04. The molecule has 1 aliphatic carbocycles. The van der Waals surface area contributed by atoms with E-state index in [1.807, 2.05) is 0 Å². The summed E-state index contributed by atoms with van der Waals surface area (Å²) in [4.78, 5) is 4.80. The summed E-state index contributed by atoms with van der Waals surface area (Å²) in [6.07, 6.45) is 7.09. The molecule has 0 radical (unpaired) electrons. The second-order valence-corrected chi connectivity index (χ2v) is 8.27. The average molecular weight is 340 g/mol. The van der Waals surface area contributed by atoms with E-state index < -0.39 is 0 Å². The van der Waals surface area contributed by atoms with Gasteiger partial charge in [0.1, 0.15) is 0 Å². The van der Waals surface area contributed by atoms with Gasteiger partial charge < -0.3 is 20.5 Å². The van der Waals surface area contributed by atoms with Crippen LogP contribution in [0.1, 0.15) is 59.3 Å². The SMILES string of the molecule is CCNC(=NCC1(CO)CCOCC1)NCC1(CC(C)C)CCC1. The monoisotopic (exact) mass is 339 g/mol. The van der Waals surface area contributed by atoms with Gasteiger partial charge in [0.2, 0.25) is 0 Å². The zero-order chi connectivity index (χ0) is 17.5. The minimum atomic E-state index is -0.104. The van der Waals surface area contributed by atoms with Crippen LogP contribution in [0, 0.1) is 16.7 Å². The third-order valence-electron chi connectivity index (χ3n) is 5.69. The summed E-state index contributed by atoms with van der Waals surface area (Å²) < 4.78 is 5.44. The molecule has 1 saturated carbocycles. The number of rotatable bonds is 8. The van der Waals surface area contributed by atoms with E-state index in [4.69, 9.17) is 9.73 Å². The quantitative estimate of drug-likeness (QED) is 0.470. The molecule has 0 spiro atoms. The molecule has 0 bridgehead atoms. The highest BCUT2D eigenvalue weighted by molar-refractivity contribution is 5.79. The van der Waals surface area contributed by atoms with Crippen LogP contribution in [0.15, 0.2) is 4.99 Å². The zero-order valence-electron chi connectivity index (χ0n) is 15.9. The Bertz CT molecular complexity index is 399. The van der Waals surface area contributed by atoms with Crippen molar-refractivity contribution in [2.24, 2.45) is 21.7 Å². The van der Waals surface area contributed by atoms with Crippen LogP contribution in [-0.4, -0.2) is 50.5 Å². The number of aliphatic imine (C=N–C) groups is 1. The minimum Gasteiger partial charge on any atom is -0.396 e. The zero-order valence-corrected chi connectivity index (χ0v) is 15.9. The van der Waals surface area contributed by atoms with Gasteiger partial charge in [-0.3, -0.25) is 4.99 Å². The Kier molecular flexibility index (Phi) is 7.35. The van der Waals surface area contributed by atoms with Gasteiger partial charge >= 0.3 is 0 Å². The molecule has 2 aliphatic rings. The lowest BCUT2D eigenvalue weighted by Crippen LogP contribution is -2.47. The van der Waals surface area contributed by atoms with Gasteiger partial charge in [-0.1, -0.05) is 20.3 Å². The van der Waals surface area contributed by atoms with Crippen LogP contribution < -0.4 is 10.6 Å². The van der Waals surface area contributed by atoms with Gasteiger partial charge in [0.05, 0.1) is 13.2 Å². The lowest BCUT2D eigenvalue weighted by Gasteiger charge is -2.43. The van der Waals surface area contributed by atoms with Gasteiger partial charge in [0.25, 0.3) is 0 Å². The molecular formula is C19H37N3O2. The molecule has 1 heterocycles. The number of nitrogens with zero attached hydrogens (tertiary/aromatic N) is 1. The van der Waals surface area contributed by atoms with Crippen molar-refractivity contribution in [3.8, 4) is 0 Å². The van der Waals surface area contributed by atoms with Crippen LogP contribution in [0.2, 0.25) is 0 Å².